The molecule has 1 aliphatic rings. The summed E-state index contributed by atoms with van der Waals surface area (Å²) in [4.78, 5) is 18.6. The van der Waals surface area contributed by atoms with E-state index in [2.05, 4.69) is 15.4 Å². The van der Waals surface area contributed by atoms with Crippen LogP contribution in [0.5, 0.6) is 0 Å². The standard InChI is InChI=1S/C22H24F4N6O3S/c1-12(2)19-18-16(31-9-8-27-17(11-31)22(24,25)26)10-15(21(33)30-36(3,34)35)28-20(18)32(29-19)14-6-4-13(23)5-7-14/h4-7,10,12,17,27H,8-9,11H2,1-3H3,(H,30,33). The summed E-state index contributed by atoms with van der Waals surface area (Å²) in [5.74, 6) is -1.71. The number of aromatic nitrogens is 3. The molecule has 2 N–H and O–H groups in total. The van der Waals surface area contributed by atoms with Gasteiger partial charge in [0, 0.05) is 19.6 Å². The number of piperazine rings is 1. The molecular formula is C22H24F4N6O3S. The number of nitrogens with zero attached hydrogens (tertiary/aromatic N) is 4. The van der Waals surface area contributed by atoms with Crippen LogP contribution in [0.15, 0.2) is 30.3 Å². The zero-order valence-corrected chi connectivity index (χ0v) is 20.4. The zero-order chi connectivity index (χ0) is 26.4. The third-order valence-corrected chi connectivity index (χ3v) is 6.24. The highest BCUT2D eigenvalue weighted by Gasteiger charge is 2.42. The molecule has 0 aliphatic carbocycles. The van der Waals surface area contributed by atoms with Gasteiger partial charge in [-0.1, -0.05) is 13.8 Å². The van der Waals surface area contributed by atoms with Gasteiger partial charge in [0.05, 0.1) is 28.7 Å². The molecular weight excluding hydrogens is 504 g/mol. The fourth-order valence-electron chi connectivity index (χ4n) is 4.06. The van der Waals surface area contributed by atoms with Gasteiger partial charge in [-0.05, 0) is 36.2 Å². The summed E-state index contributed by atoms with van der Waals surface area (Å²) in [7, 11) is -3.94. The van der Waals surface area contributed by atoms with E-state index in [-0.39, 0.29) is 36.0 Å². The third kappa shape index (κ3) is 5.28. The number of hydrogen-bond acceptors (Lipinski definition) is 7. The monoisotopic (exact) mass is 528 g/mol. The van der Waals surface area contributed by atoms with Crippen LogP contribution in [0.25, 0.3) is 16.7 Å². The first-order valence-electron chi connectivity index (χ1n) is 11.0. The number of anilines is 1. The maximum atomic E-state index is 13.6. The molecule has 1 atom stereocenters. The lowest BCUT2D eigenvalue weighted by Crippen LogP contribution is -2.57. The smallest absolute Gasteiger partial charge is 0.368 e. The van der Waals surface area contributed by atoms with Crippen molar-refractivity contribution >= 4 is 32.7 Å². The average molecular weight is 529 g/mol. The molecule has 1 aliphatic heterocycles. The molecule has 0 bridgehead atoms. The molecule has 0 saturated carbocycles. The van der Waals surface area contributed by atoms with Gasteiger partial charge in [0.1, 0.15) is 17.6 Å². The molecule has 0 spiro atoms. The van der Waals surface area contributed by atoms with Gasteiger partial charge in [-0.15, -0.1) is 0 Å². The first kappa shape index (κ1) is 25.8. The van der Waals surface area contributed by atoms with E-state index in [9.17, 15) is 30.8 Å². The number of pyridine rings is 1. The average Bonchev–Trinajstić information content (AvgIpc) is 3.17. The highest BCUT2D eigenvalue weighted by molar-refractivity contribution is 7.89. The Hall–Kier alpha value is -3.26. The predicted octanol–water partition coefficient (Wildman–Crippen LogP) is 2.71. The van der Waals surface area contributed by atoms with Crippen molar-refractivity contribution in [1.29, 1.82) is 0 Å². The summed E-state index contributed by atoms with van der Waals surface area (Å²) in [6, 6.07) is 4.79. The van der Waals surface area contributed by atoms with Gasteiger partial charge in [0.25, 0.3) is 5.91 Å². The van der Waals surface area contributed by atoms with Crippen LogP contribution in [0, 0.1) is 5.82 Å². The molecule has 9 nitrogen and oxygen atoms in total. The quantitative estimate of drug-likeness (QED) is 0.490. The Labute approximate surface area is 204 Å². The number of sulfonamides is 1. The molecule has 36 heavy (non-hydrogen) atoms. The summed E-state index contributed by atoms with van der Waals surface area (Å²) in [5, 5.41) is 7.48. The van der Waals surface area contributed by atoms with E-state index in [4.69, 9.17) is 0 Å². The van der Waals surface area contributed by atoms with Crippen LogP contribution in [-0.4, -0.2) is 67.2 Å². The minimum atomic E-state index is -4.50. The van der Waals surface area contributed by atoms with Crippen molar-refractivity contribution in [2.75, 3.05) is 30.8 Å². The number of carbonyl (C=O) groups excluding carboxylic acids is 1. The number of nitrogens with one attached hydrogen (secondary N) is 2. The van der Waals surface area contributed by atoms with Crippen LogP contribution in [0.4, 0.5) is 23.2 Å². The van der Waals surface area contributed by atoms with Gasteiger partial charge < -0.3 is 10.2 Å². The molecule has 1 unspecified atom stereocenters. The number of benzene rings is 1. The van der Waals surface area contributed by atoms with Crippen LogP contribution < -0.4 is 14.9 Å². The fourth-order valence-corrected chi connectivity index (χ4v) is 4.50. The normalized spacial score (nSPS) is 17.1. The Morgan fingerprint density at radius 2 is 1.89 bits per heavy atom. The van der Waals surface area contributed by atoms with Crippen molar-refractivity contribution in [3.63, 3.8) is 0 Å². The van der Waals surface area contributed by atoms with Crippen LogP contribution in [0.2, 0.25) is 0 Å². The molecule has 1 saturated heterocycles. The maximum absolute atomic E-state index is 13.6. The van der Waals surface area contributed by atoms with Crippen molar-refractivity contribution in [3.8, 4) is 5.69 Å². The van der Waals surface area contributed by atoms with E-state index < -0.39 is 40.5 Å². The van der Waals surface area contributed by atoms with Crippen molar-refractivity contribution in [3.05, 3.63) is 47.5 Å². The molecule has 4 rings (SSSR count). The number of rotatable bonds is 5. The molecule has 1 amide bonds. The van der Waals surface area contributed by atoms with Crippen molar-refractivity contribution in [1.82, 2.24) is 24.8 Å². The fraction of sp³-hybridized carbons (Fsp3) is 0.409. The van der Waals surface area contributed by atoms with Gasteiger partial charge in [-0.25, -0.2) is 27.2 Å². The SMILES string of the molecule is CC(C)c1nn(-c2ccc(F)cc2)c2nc(C(=O)NS(C)(=O)=O)cc(N3CCNC(C(F)(F)F)C3)c12. The van der Waals surface area contributed by atoms with E-state index in [0.29, 0.717) is 16.8 Å². The Morgan fingerprint density at radius 1 is 1.22 bits per heavy atom. The molecule has 0 radical (unpaired) electrons. The molecule has 1 aromatic carbocycles. The molecule has 3 aromatic rings. The van der Waals surface area contributed by atoms with Crippen LogP contribution in [0.1, 0.15) is 35.9 Å². The van der Waals surface area contributed by atoms with Gasteiger partial charge >= 0.3 is 6.18 Å². The lowest BCUT2D eigenvalue weighted by atomic mass is 10.0. The van der Waals surface area contributed by atoms with Gasteiger partial charge in [-0.2, -0.15) is 18.3 Å². The van der Waals surface area contributed by atoms with E-state index in [1.54, 1.807) is 0 Å². The Kier molecular flexibility index (Phi) is 6.68. The third-order valence-electron chi connectivity index (χ3n) is 5.68. The van der Waals surface area contributed by atoms with E-state index in [0.717, 1.165) is 6.26 Å². The highest BCUT2D eigenvalue weighted by atomic mass is 32.2. The molecule has 2 aromatic heterocycles. The van der Waals surface area contributed by atoms with Crippen molar-refractivity contribution < 1.29 is 30.8 Å². The Morgan fingerprint density at radius 3 is 2.47 bits per heavy atom. The second kappa shape index (κ2) is 9.32. The van der Waals surface area contributed by atoms with E-state index in [1.165, 1.54) is 39.9 Å². The summed E-state index contributed by atoms with van der Waals surface area (Å²) in [6.45, 7) is 3.48. The zero-order valence-electron chi connectivity index (χ0n) is 19.6. The molecule has 194 valence electrons. The van der Waals surface area contributed by atoms with E-state index >= 15 is 0 Å². The topological polar surface area (TPSA) is 109 Å². The second-order valence-electron chi connectivity index (χ2n) is 8.85. The largest absolute Gasteiger partial charge is 0.405 e. The second-order valence-corrected chi connectivity index (χ2v) is 10.6. The molecule has 14 heteroatoms. The predicted molar refractivity (Wildman–Crippen MR) is 125 cm³/mol. The Bertz CT molecular complexity index is 1400. The number of halogens is 4. The number of carbonyl (C=O) groups is 1. The minimum absolute atomic E-state index is 0.0297. The number of hydrogen-bond donors (Lipinski definition) is 2. The number of fused-ring (bicyclic) bond motifs is 1. The van der Waals surface area contributed by atoms with Gasteiger partial charge in [0.15, 0.2) is 5.65 Å². The summed E-state index contributed by atoms with van der Waals surface area (Å²) in [5.41, 5.74) is 0.994. The molecule has 3 heterocycles. The lowest BCUT2D eigenvalue weighted by Gasteiger charge is -2.36. The first-order valence-corrected chi connectivity index (χ1v) is 12.9. The maximum Gasteiger partial charge on any atom is 0.405 e. The molecule has 1 fully saturated rings. The van der Waals surface area contributed by atoms with Gasteiger partial charge in [0.2, 0.25) is 10.0 Å². The van der Waals surface area contributed by atoms with Crippen LogP contribution in [-0.2, 0) is 10.0 Å². The minimum Gasteiger partial charge on any atom is -0.368 e. The van der Waals surface area contributed by atoms with Crippen molar-refractivity contribution in [2.24, 2.45) is 0 Å². The number of alkyl halides is 3. The van der Waals surface area contributed by atoms with Gasteiger partial charge in [-0.3, -0.25) is 4.79 Å². The van der Waals surface area contributed by atoms with Crippen LogP contribution >= 0.6 is 0 Å². The lowest BCUT2D eigenvalue weighted by molar-refractivity contribution is -0.155. The first-order chi connectivity index (χ1) is 16.7. The Balaban J connectivity index is 1.98. The number of amides is 1. The van der Waals surface area contributed by atoms with Crippen LogP contribution in [0.3, 0.4) is 0 Å². The van der Waals surface area contributed by atoms with Crippen molar-refractivity contribution in [2.45, 2.75) is 32.0 Å². The highest BCUT2D eigenvalue weighted by Crippen LogP contribution is 2.36. The summed E-state index contributed by atoms with van der Waals surface area (Å²) in [6.07, 6.45) is -3.70. The summed E-state index contributed by atoms with van der Waals surface area (Å²) < 4.78 is 80.7. The summed E-state index contributed by atoms with van der Waals surface area (Å²) >= 11 is 0. The van der Waals surface area contributed by atoms with E-state index in [1.807, 2.05) is 18.6 Å².